The van der Waals surface area contributed by atoms with Crippen molar-refractivity contribution in [3.63, 3.8) is 0 Å². The van der Waals surface area contributed by atoms with Gasteiger partial charge in [0.2, 0.25) is 0 Å². The molecule has 0 saturated heterocycles. The number of fused-ring (bicyclic) bond motifs is 1. The summed E-state index contributed by atoms with van der Waals surface area (Å²) in [5.41, 5.74) is 2.80. The standard InChI is InChI=1S/C17H18N2O2/c1-2-21-17(20)13-5-3-4-12(13)15-10-19-16-7-6-11(9-18)8-14(15)16/h6-8,10,12-13,19H,2-5H2,1H3/t12?,13-/m0/s1. The van der Waals surface area contributed by atoms with Gasteiger partial charge in [-0.25, -0.2) is 0 Å². The van der Waals surface area contributed by atoms with Crippen LogP contribution in [0.25, 0.3) is 10.9 Å². The molecule has 1 heterocycles. The summed E-state index contributed by atoms with van der Waals surface area (Å²) in [6.45, 7) is 2.27. The molecule has 0 amide bonds. The Morgan fingerprint density at radius 1 is 1.48 bits per heavy atom. The average molecular weight is 282 g/mol. The summed E-state index contributed by atoms with van der Waals surface area (Å²) in [6.07, 6.45) is 4.90. The van der Waals surface area contributed by atoms with Crippen molar-refractivity contribution >= 4 is 16.9 Å². The molecular weight excluding hydrogens is 264 g/mol. The average Bonchev–Trinajstić information content (AvgIpc) is 3.12. The van der Waals surface area contributed by atoms with Crippen LogP contribution in [0, 0.1) is 17.2 Å². The molecule has 0 spiro atoms. The number of nitriles is 1. The minimum absolute atomic E-state index is 0.0605. The zero-order chi connectivity index (χ0) is 14.8. The number of rotatable bonds is 3. The van der Waals surface area contributed by atoms with Crippen molar-refractivity contribution in [3.8, 4) is 6.07 Å². The zero-order valence-electron chi connectivity index (χ0n) is 12.1. The van der Waals surface area contributed by atoms with Gasteiger partial charge in [-0.3, -0.25) is 4.79 Å². The molecule has 1 aliphatic rings. The van der Waals surface area contributed by atoms with Crippen LogP contribution in [0.15, 0.2) is 24.4 Å². The first kappa shape index (κ1) is 13.7. The Morgan fingerprint density at radius 3 is 3.10 bits per heavy atom. The molecule has 21 heavy (non-hydrogen) atoms. The number of carbonyl (C=O) groups excluding carboxylic acids is 1. The summed E-state index contributed by atoms with van der Waals surface area (Å²) in [5.74, 6) is 0.0345. The van der Waals surface area contributed by atoms with E-state index in [0.717, 1.165) is 35.7 Å². The summed E-state index contributed by atoms with van der Waals surface area (Å²) < 4.78 is 5.21. The van der Waals surface area contributed by atoms with Crippen molar-refractivity contribution in [2.45, 2.75) is 32.1 Å². The summed E-state index contributed by atoms with van der Waals surface area (Å²) in [7, 11) is 0. The topological polar surface area (TPSA) is 65.9 Å². The Kier molecular flexibility index (Phi) is 3.66. The fraction of sp³-hybridized carbons (Fsp3) is 0.412. The molecule has 2 atom stereocenters. The third-order valence-electron chi connectivity index (χ3n) is 4.35. The van der Waals surface area contributed by atoms with Crippen LogP contribution in [0.1, 0.15) is 43.2 Å². The molecular formula is C17H18N2O2. The quantitative estimate of drug-likeness (QED) is 0.876. The predicted molar refractivity (Wildman–Crippen MR) is 79.7 cm³/mol. The van der Waals surface area contributed by atoms with Gasteiger partial charge in [0, 0.05) is 17.1 Å². The van der Waals surface area contributed by atoms with E-state index in [1.807, 2.05) is 25.3 Å². The predicted octanol–water partition coefficient (Wildman–Crippen LogP) is 3.49. The van der Waals surface area contributed by atoms with Gasteiger partial charge in [0.1, 0.15) is 0 Å². The molecule has 1 unspecified atom stereocenters. The summed E-state index contributed by atoms with van der Waals surface area (Å²) in [6, 6.07) is 7.81. The van der Waals surface area contributed by atoms with Crippen molar-refractivity contribution in [1.82, 2.24) is 4.98 Å². The van der Waals surface area contributed by atoms with Crippen LogP contribution in [-0.4, -0.2) is 17.6 Å². The van der Waals surface area contributed by atoms with E-state index in [-0.39, 0.29) is 17.8 Å². The Hall–Kier alpha value is -2.28. The van der Waals surface area contributed by atoms with Crippen LogP contribution >= 0.6 is 0 Å². The number of H-pyrrole nitrogens is 1. The SMILES string of the molecule is CCOC(=O)[C@H]1CCCC1c1c[nH]c2ccc(C#N)cc12. The Balaban J connectivity index is 1.99. The lowest BCUT2D eigenvalue weighted by atomic mass is 9.88. The third-order valence-corrected chi connectivity index (χ3v) is 4.35. The van der Waals surface area contributed by atoms with Gasteiger partial charge in [-0.2, -0.15) is 5.26 Å². The van der Waals surface area contributed by atoms with Gasteiger partial charge in [0.15, 0.2) is 0 Å². The highest BCUT2D eigenvalue weighted by molar-refractivity contribution is 5.86. The minimum Gasteiger partial charge on any atom is -0.466 e. The first-order valence-electron chi connectivity index (χ1n) is 7.42. The number of aromatic nitrogens is 1. The minimum atomic E-state index is -0.0919. The molecule has 4 heteroatoms. The number of esters is 1. The van der Waals surface area contributed by atoms with E-state index in [1.165, 1.54) is 0 Å². The van der Waals surface area contributed by atoms with Gasteiger partial charge in [-0.1, -0.05) is 6.42 Å². The maximum Gasteiger partial charge on any atom is 0.309 e. The molecule has 4 nitrogen and oxygen atoms in total. The fourth-order valence-electron chi connectivity index (χ4n) is 3.38. The fourth-order valence-corrected chi connectivity index (χ4v) is 3.38. The normalized spacial score (nSPS) is 21.3. The van der Waals surface area contributed by atoms with E-state index >= 15 is 0 Å². The highest BCUT2D eigenvalue weighted by Gasteiger charge is 2.36. The van der Waals surface area contributed by atoms with Crippen molar-refractivity contribution in [3.05, 3.63) is 35.5 Å². The lowest BCUT2D eigenvalue weighted by molar-refractivity contribution is -0.148. The number of benzene rings is 1. The van der Waals surface area contributed by atoms with E-state index in [9.17, 15) is 4.79 Å². The Labute approximate surface area is 123 Å². The largest absolute Gasteiger partial charge is 0.466 e. The van der Waals surface area contributed by atoms with E-state index in [0.29, 0.717) is 12.2 Å². The maximum atomic E-state index is 12.1. The van der Waals surface area contributed by atoms with Gasteiger partial charge in [-0.05, 0) is 49.4 Å². The molecule has 1 fully saturated rings. The Bertz CT molecular complexity index is 711. The van der Waals surface area contributed by atoms with Gasteiger partial charge in [-0.15, -0.1) is 0 Å². The van der Waals surface area contributed by atoms with E-state index < -0.39 is 0 Å². The molecule has 2 aromatic rings. The number of hydrogen-bond acceptors (Lipinski definition) is 3. The van der Waals surface area contributed by atoms with Crippen LogP contribution in [0.4, 0.5) is 0 Å². The number of hydrogen-bond donors (Lipinski definition) is 1. The lowest BCUT2D eigenvalue weighted by Gasteiger charge is -2.17. The maximum absolute atomic E-state index is 12.1. The van der Waals surface area contributed by atoms with Crippen LogP contribution < -0.4 is 0 Å². The zero-order valence-corrected chi connectivity index (χ0v) is 12.1. The van der Waals surface area contributed by atoms with Gasteiger partial charge >= 0.3 is 5.97 Å². The first-order chi connectivity index (χ1) is 10.2. The van der Waals surface area contributed by atoms with Gasteiger partial charge in [0.25, 0.3) is 0 Å². The van der Waals surface area contributed by atoms with E-state index in [1.54, 1.807) is 6.07 Å². The van der Waals surface area contributed by atoms with Crippen molar-refractivity contribution in [1.29, 1.82) is 5.26 Å². The van der Waals surface area contributed by atoms with Crippen LogP contribution in [0.3, 0.4) is 0 Å². The van der Waals surface area contributed by atoms with Gasteiger partial charge < -0.3 is 9.72 Å². The highest BCUT2D eigenvalue weighted by atomic mass is 16.5. The van der Waals surface area contributed by atoms with Crippen molar-refractivity contribution in [2.75, 3.05) is 6.61 Å². The molecule has 1 N–H and O–H groups in total. The third kappa shape index (κ3) is 2.40. The smallest absolute Gasteiger partial charge is 0.309 e. The van der Waals surface area contributed by atoms with Crippen LogP contribution in [-0.2, 0) is 9.53 Å². The highest BCUT2D eigenvalue weighted by Crippen LogP contribution is 2.42. The first-order valence-corrected chi connectivity index (χ1v) is 7.42. The van der Waals surface area contributed by atoms with E-state index in [4.69, 9.17) is 10.00 Å². The second-order valence-corrected chi connectivity index (χ2v) is 5.51. The lowest BCUT2D eigenvalue weighted by Crippen LogP contribution is -2.20. The van der Waals surface area contributed by atoms with Crippen LogP contribution in [0.2, 0.25) is 0 Å². The number of ether oxygens (including phenoxy) is 1. The molecule has 0 bridgehead atoms. The molecule has 1 saturated carbocycles. The number of nitrogens with one attached hydrogen (secondary N) is 1. The second kappa shape index (κ2) is 5.61. The molecule has 3 rings (SSSR count). The van der Waals surface area contributed by atoms with E-state index in [2.05, 4.69) is 11.1 Å². The molecule has 0 radical (unpaired) electrons. The van der Waals surface area contributed by atoms with Crippen molar-refractivity contribution < 1.29 is 9.53 Å². The molecule has 0 aliphatic heterocycles. The number of carbonyl (C=O) groups is 1. The Morgan fingerprint density at radius 2 is 2.33 bits per heavy atom. The van der Waals surface area contributed by atoms with Gasteiger partial charge in [0.05, 0.1) is 24.2 Å². The molecule has 1 aromatic carbocycles. The monoisotopic (exact) mass is 282 g/mol. The molecule has 108 valence electrons. The summed E-state index contributed by atoms with van der Waals surface area (Å²) in [5, 5.41) is 10.1. The number of nitrogens with zero attached hydrogens (tertiary/aromatic N) is 1. The number of aromatic amines is 1. The second-order valence-electron chi connectivity index (χ2n) is 5.51. The van der Waals surface area contributed by atoms with Crippen LogP contribution in [0.5, 0.6) is 0 Å². The summed E-state index contributed by atoms with van der Waals surface area (Å²) in [4.78, 5) is 15.4. The molecule has 1 aromatic heterocycles. The molecule has 1 aliphatic carbocycles. The summed E-state index contributed by atoms with van der Waals surface area (Å²) >= 11 is 0. The van der Waals surface area contributed by atoms with Crippen molar-refractivity contribution in [2.24, 2.45) is 5.92 Å².